The Kier molecular flexibility index (Phi) is 7.79. The van der Waals surface area contributed by atoms with Crippen molar-refractivity contribution in [1.29, 1.82) is 0 Å². The summed E-state index contributed by atoms with van der Waals surface area (Å²) in [7, 11) is 0. The van der Waals surface area contributed by atoms with E-state index in [1.54, 1.807) is 18.0 Å². The molecule has 4 aromatic rings. The highest BCUT2D eigenvalue weighted by atomic mass is 35.5. The zero-order valence-corrected chi connectivity index (χ0v) is 21.9. The summed E-state index contributed by atoms with van der Waals surface area (Å²) in [6.07, 6.45) is 1.70. The van der Waals surface area contributed by atoms with Crippen molar-refractivity contribution >= 4 is 35.5 Å². The Morgan fingerprint density at radius 3 is 2.34 bits per heavy atom. The molecule has 0 bridgehead atoms. The van der Waals surface area contributed by atoms with E-state index in [0.717, 1.165) is 43.9 Å². The number of carbonyl (C=O) groups is 1. The molecule has 0 aliphatic rings. The summed E-state index contributed by atoms with van der Waals surface area (Å²) < 4.78 is 2.20. The van der Waals surface area contributed by atoms with E-state index in [1.807, 2.05) is 48.5 Å². The van der Waals surface area contributed by atoms with Crippen LogP contribution in [-0.2, 0) is 5.75 Å². The van der Waals surface area contributed by atoms with Gasteiger partial charge in [0.25, 0.3) is 5.91 Å². The van der Waals surface area contributed by atoms with Gasteiger partial charge in [-0.25, -0.2) is 5.43 Å². The van der Waals surface area contributed by atoms with Gasteiger partial charge in [-0.15, -0.1) is 11.8 Å². The van der Waals surface area contributed by atoms with Crippen molar-refractivity contribution in [2.75, 3.05) is 0 Å². The SMILES string of the molecule is Cc1ccc(-n2c(C)cc(/C=N/NC(=O)c3ccc(CSc4ccc(Cl)cc4)cc3)c2C)cc1C. The molecule has 0 spiro atoms. The molecule has 1 heterocycles. The number of benzene rings is 3. The van der Waals surface area contributed by atoms with Gasteiger partial charge in [0.1, 0.15) is 0 Å². The monoisotopic (exact) mass is 501 g/mol. The van der Waals surface area contributed by atoms with Crippen molar-refractivity contribution in [3.63, 3.8) is 0 Å². The standard InChI is InChI=1S/C29H28ClN3OS/c1-19-5-12-27(15-20(19)2)33-21(3)16-25(22(33)4)17-31-32-29(34)24-8-6-23(7-9-24)18-35-28-13-10-26(30)11-14-28/h5-17H,18H2,1-4H3,(H,32,34)/b31-17+. The lowest BCUT2D eigenvalue weighted by Crippen LogP contribution is -2.17. The topological polar surface area (TPSA) is 46.4 Å². The van der Waals surface area contributed by atoms with Crippen molar-refractivity contribution in [2.24, 2.45) is 5.10 Å². The zero-order valence-electron chi connectivity index (χ0n) is 20.3. The number of nitrogens with one attached hydrogen (secondary N) is 1. The Morgan fingerprint density at radius 1 is 0.943 bits per heavy atom. The minimum absolute atomic E-state index is 0.235. The molecule has 6 heteroatoms. The lowest BCUT2D eigenvalue weighted by molar-refractivity contribution is 0.0955. The van der Waals surface area contributed by atoms with Crippen molar-refractivity contribution < 1.29 is 4.79 Å². The van der Waals surface area contributed by atoms with Crippen LogP contribution >= 0.6 is 23.4 Å². The van der Waals surface area contributed by atoms with Gasteiger partial charge in [-0.2, -0.15) is 5.10 Å². The van der Waals surface area contributed by atoms with Gasteiger partial charge in [-0.1, -0.05) is 29.8 Å². The summed E-state index contributed by atoms with van der Waals surface area (Å²) >= 11 is 7.67. The summed E-state index contributed by atoms with van der Waals surface area (Å²) in [5.41, 5.74) is 11.2. The summed E-state index contributed by atoms with van der Waals surface area (Å²) in [5, 5.41) is 4.94. The molecule has 0 saturated carbocycles. The molecule has 1 amide bonds. The van der Waals surface area contributed by atoms with Crippen LogP contribution in [0.3, 0.4) is 0 Å². The molecule has 0 aliphatic carbocycles. The average molecular weight is 502 g/mol. The van der Waals surface area contributed by atoms with Crippen LogP contribution in [0.15, 0.2) is 82.8 Å². The fourth-order valence-corrected chi connectivity index (χ4v) is 4.84. The quantitative estimate of drug-likeness (QED) is 0.163. The van der Waals surface area contributed by atoms with Crippen molar-refractivity contribution in [3.05, 3.63) is 117 Å². The minimum Gasteiger partial charge on any atom is -0.318 e. The molecule has 0 unspecified atom stereocenters. The highest BCUT2D eigenvalue weighted by Gasteiger charge is 2.11. The second-order valence-electron chi connectivity index (χ2n) is 8.57. The third-order valence-corrected chi connectivity index (χ3v) is 7.36. The molecule has 178 valence electrons. The van der Waals surface area contributed by atoms with Gasteiger partial charge in [-0.05, 0) is 99.0 Å². The number of amides is 1. The molecular formula is C29H28ClN3OS. The highest BCUT2D eigenvalue weighted by Crippen LogP contribution is 2.25. The predicted octanol–water partition coefficient (Wildman–Crippen LogP) is 7.42. The van der Waals surface area contributed by atoms with Gasteiger partial charge in [-0.3, -0.25) is 4.79 Å². The molecule has 0 saturated heterocycles. The summed E-state index contributed by atoms with van der Waals surface area (Å²) in [5.74, 6) is 0.582. The number of rotatable bonds is 7. The maximum absolute atomic E-state index is 12.6. The van der Waals surface area contributed by atoms with Crippen molar-refractivity contribution in [2.45, 2.75) is 38.3 Å². The number of hydrogen-bond donors (Lipinski definition) is 1. The Balaban J connectivity index is 1.37. The molecular weight excluding hydrogens is 474 g/mol. The molecule has 35 heavy (non-hydrogen) atoms. The van der Waals surface area contributed by atoms with Crippen LogP contribution in [0, 0.1) is 27.7 Å². The molecule has 3 aromatic carbocycles. The van der Waals surface area contributed by atoms with Crippen molar-refractivity contribution in [1.82, 2.24) is 9.99 Å². The normalized spacial score (nSPS) is 11.2. The fraction of sp³-hybridized carbons (Fsp3) is 0.172. The molecule has 1 aromatic heterocycles. The van der Waals surface area contributed by atoms with E-state index in [0.29, 0.717) is 5.56 Å². The Morgan fingerprint density at radius 2 is 1.66 bits per heavy atom. The first-order valence-electron chi connectivity index (χ1n) is 11.4. The Hall–Kier alpha value is -3.28. The Bertz CT molecular complexity index is 1370. The lowest BCUT2D eigenvalue weighted by atomic mass is 10.1. The Labute approximate surface area is 216 Å². The van der Waals surface area contributed by atoms with Crippen LogP contribution in [0.25, 0.3) is 5.69 Å². The molecule has 0 atom stereocenters. The third kappa shape index (κ3) is 6.05. The van der Waals surface area contributed by atoms with Gasteiger partial charge in [0.05, 0.1) is 6.21 Å². The zero-order chi connectivity index (χ0) is 24.9. The molecule has 0 fully saturated rings. The van der Waals surface area contributed by atoms with E-state index in [2.05, 4.69) is 67.1 Å². The predicted molar refractivity (Wildman–Crippen MR) is 147 cm³/mol. The number of carbonyl (C=O) groups excluding carboxylic acids is 1. The third-order valence-electron chi connectivity index (χ3n) is 6.02. The second kappa shape index (κ2) is 11.0. The van der Waals surface area contributed by atoms with Gasteiger partial charge in [0.15, 0.2) is 0 Å². The average Bonchev–Trinajstić information content (AvgIpc) is 3.13. The number of hydrogen-bond acceptors (Lipinski definition) is 3. The van der Waals surface area contributed by atoms with Crippen LogP contribution in [-0.4, -0.2) is 16.7 Å². The summed E-state index contributed by atoms with van der Waals surface area (Å²) in [6.45, 7) is 8.37. The van der Waals surface area contributed by atoms with Gasteiger partial charge in [0, 0.05) is 43.9 Å². The first-order valence-corrected chi connectivity index (χ1v) is 12.8. The van der Waals surface area contributed by atoms with Gasteiger partial charge >= 0.3 is 0 Å². The first kappa shape index (κ1) is 24.8. The fourth-order valence-electron chi connectivity index (χ4n) is 3.86. The number of nitrogens with zero attached hydrogens (tertiary/aromatic N) is 2. The van der Waals surface area contributed by atoms with E-state index in [9.17, 15) is 4.79 Å². The van der Waals surface area contributed by atoms with Crippen LogP contribution < -0.4 is 5.43 Å². The molecule has 4 nitrogen and oxygen atoms in total. The van der Waals surface area contributed by atoms with Crippen LogP contribution in [0.1, 0.15) is 44.0 Å². The van der Waals surface area contributed by atoms with Gasteiger partial charge < -0.3 is 4.57 Å². The maximum Gasteiger partial charge on any atom is 0.271 e. The summed E-state index contributed by atoms with van der Waals surface area (Å²) in [6, 6.07) is 23.9. The second-order valence-corrected chi connectivity index (χ2v) is 10.1. The largest absolute Gasteiger partial charge is 0.318 e. The van der Waals surface area contributed by atoms with Crippen LogP contribution in [0.2, 0.25) is 5.02 Å². The van der Waals surface area contributed by atoms with E-state index >= 15 is 0 Å². The number of hydrazone groups is 1. The molecule has 4 rings (SSSR count). The van der Waals surface area contributed by atoms with E-state index in [4.69, 9.17) is 11.6 Å². The number of halogens is 1. The van der Waals surface area contributed by atoms with E-state index in [-0.39, 0.29) is 5.91 Å². The molecule has 0 aliphatic heterocycles. The minimum atomic E-state index is -0.235. The van der Waals surface area contributed by atoms with Gasteiger partial charge in [0.2, 0.25) is 0 Å². The van der Waals surface area contributed by atoms with Crippen molar-refractivity contribution in [3.8, 4) is 5.69 Å². The molecule has 1 N–H and O–H groups in total. The lowest BCUT2D eigenvalue weighted by Gasteiger charge is -2.11. The maximum atomic E-state index is 12.6. The van der Waals surface area contributed by atoms with Crippen LogP contribution in [0.5, 0.6) is 0 Å². The number of aromatic nitrogens is 1. The molecule has 0 radical (unpaired) electrons. The smallest absolute Gasteiger partial charge is 0.271 e. The highest BCUT2D eigenvalue weighted by molar-refractivity contribution is 7.98. The van der Waals surface area contributed by atoms with E-state index < -0.39 is 0 Å². The number of thioether (sulfide) groups is 1. The van der Waals surface area contributed by atoms with Crippen LogP contribution in [0.4, 0.5) is 0 Å². The van der Waals surface area contributed by atoms with E-state index in [1.165, 1.54) is 11.1 Å². The number of aryl methyl sites for hydroxylation is 3. The first-order chi connectivity index (χ1) is 16.8. The summed E-state index contributed by atoms with van der Waals surface area (Å²) in [4.78, 5) is 13.7.